The fraction of sp³-hybridized carbons (Fsp3) is 0.500. The van der Waals surface area contributed by atoms with Crippen LogP contribution in [0.25, 0.3) is 0 Å². The number of hydrogen-bond acceptors (Lipinski definition) is 4. The molecule has 1 aliphatic rings. The van der Waals surface area contributed by atoms with Gasteiger partial charge in [0.25, 0.3) is 5.60 Å². The van der Waals surface area contributed by atoms with Gasteiger partial charge in [-0.3, -0.25) is 4.79 Å². The van der Waals surface area contributed by atoms with Crippen molar-refractivity contribution in [2.24, 2.45) is 0 Å². The monoisotopic (exact) mass is 155 g/mol. The van der Waals surface area contributed by atoms with E-state index in [0.29, 0.717) is 0 Å². The van der Waals surface area contributed by atoms with Gasteiger partial charge in [0, 0.05) is 6.42 Å². The van der Waals surface area contributed by atoms with Crippen LogP contribution in [-0.4, -0.2) is 22.6 Å². The van der Waals surface area contributed by atoms with Gasteiger partial charge in [-0.25, -0.2) is 4.79 Å². The Hall–Kier alpha value is -1.57. The Labute approximate surface area is 62.2 Å². The van der Waals surface area contributed by atoms with E-state index in [2.05, 4.69) is 4.74 Å². The molecule has 0 bridgehead atoms. The Bertz CT molecular complexity index is 254. The van der Waals surface area contributed by atoms with Crippen LogP contribution in [0.5, 0.6) is 0 Å². The molecular formula is C6H5NO4. The molecule has 1 aliphatic heterocycles. The van der Waals surface area contributed by atoms with Crippen LogP contribution < -0.4 is 0 Å². The Balaban J connectivity index is 2.89. The summed E-state index contributed by atoms with van der Waals surface area (Å²) in [5, 5.41) is 16.9. The SMILES string of the molecule is N#CC1(C(=O)O)CCC(=O)O1. The predicted octanol–water partition coefficient (Wildman–Crippen LogP) is -0.330. The third-order valence-corrected chi connectivity index (χ3v) is 1.50. The second-order valence-electron chi connectivity index (χ2n) is 2.22. The molecule has 0 aromatic rings. The minimum Gasteiger partial charge on any atom is -0.477 e. The Morgan fingerprint density at radius 2 is 2.45 bits per heavy atom. The first-order valence-electron chi connectivity index (χ1n) is 2.97. The number of carboxylic acids is 1. The molecule has 0 aromatic carbocycles. The Morgan fingerprint density at radius 1 is 1.82 bits per heavy atom. The van der Waals surface area contributed by atoms with Crippen molar-refractivity contribution in [3.8, 4) is 6.07 Å². The first-order chi connectivity index (χ1) is 5.10. The zero-order valence-electron chi connectivity index (χ0n) is 5.53. The van der Waals surface area contributed by atoms with Gasteiger partial charge < -0.3 is 9.84 Å². The number of ether oxygens (including phenoxy) is 1. The highest BCUT2D eigenvalue weighted by Gasteiger charge is 2.48. The molecule has 1 saturated heterocycles. The lowest BCUT2D eigenvalue weighted by molar-refractivity contribution is -0.163. The maximum atomic E-state index is 10.5. The fourth-order valence-corrected chi connectivity index (χ4v) is 0.852. The summed E-state index contributed by atoms with van der Waals surface area (Å²) in [7, 11) is 0. The highest BCUT2D eigenvalue weighted by Crippen LogP contribution is 2.25. The Kier molecular flexibility index (Phi) is 1.53. The van der Waals surface area contributed by atoms with Crippen LogP contribution in [0.2, 0.25) is 0 Å². The maximum absolute atomic E-state index is 10.5. The van der Waals surface area contributed by atoms with Crippen LogP contribution in [-0.2, 0) is 14.3 Å². The molecule has 1 rings (SSSR count). The van der Waals surface area contributed by atoms with Gasteiger partial charge in [0.05, 0.1) is 6.42 Å². The molecule has 5 nitrogen and oxygen atoms in total. The molecular weight excluding hydrogens is 150 g/mol. The number of hydrogen-bond donors (Lipinski definition) is 1. The number of carbonyl (C=O) groups is 2. The molecule has 0 spiro atoms. The number of nitriles is 1. The van der Waals surface area contributed by atoms with Gasteiger partial charge >= 0.3 is 11.9 Å². The first-order valence-corrected chi connectivity index (χ1v) is 2.97. The minimum atomic E-state index is -1.92. The zero-order chi connectivity index (χ0) is 8.48. The number of esters is 1. The van der Waals surface area contributed by atoms with Crippen molar-refractivity contribution in [2.45, 2.75) is 18.4 Å². The molecule has 1 N–H and O–H groups in total. The highest BCUT2D eigenvalue weighted by molar-refractivity contribution is 5.88. The lowest BCUT2D eigenvalue weighted by Crippen LogP contribution is -2.36. The Morgan fingerprint density at radius 3 is 2.64 bits per heavy atom. The van der Waals surface area contributed by atoms with Gasteiger partial charge in [-0.2, -0.15) is 5.26 Å². The van der Waals surface area contributed by atoms with Crippen molar-refractivity contribution in [1.82, 2.24) is 0 Å². The van der Waals surface area contributed by atoms with E-state index in [-0.39, 0.29) is 12.8 Å². The van der Waals surface area contributed by atoms with Gasteiger partial charge in [0.2, 0.25) is 0 Å². The summed E-state index contributed by atoms with van der Waals surface area (Å²) >= 11 is 0. The molecule has 1 heterocycles. The second kappa shape index (κ2) is 2.23. The van der Waals surface area contributed by atoms with Crippen LogP contribution in [0.15, 0.2) is 0 Å². The number of carbonyl (C=O) groups excluding carboxylic acids is 1. The molecule has 1 fully saturated rings. The third kappa shape index (κ3) is 1.03. The van der Waals surface area contributed by atoms with E-state index in [1.165, 1.54) is 6.07 Å². The number of aliphatic carboxylic acids is 1. The first kappa shape index (κ1) is 7.54. The standard InChI is InChI=1S/C6H5NO4/c7-3-6(5(9)10)2-1-4(8)11-6/h1-2H2,(H,9,10). The number of rotatable bonds is 1. The molecule has 0 amide bonds. The van der Waals surface area contributed by atoms with Gasteiger partial charge in [-0.15, -0.1) is 0 Å². The summed E-state index contributed by atoms with van der Waals surface area (Å²) in [4.78, 5) is 20.9. The maximum Gasteiger partial charge on any atom is 0.363 e. The van der Waals surface area contributed by atoms with Gasteiger partial charge in [-0.1, -0.05) is 0 Å². The molecule has 11 heavy (non-hydrogen) atoms. The molecule has 5 heteroatoms. The van der Waals surface area contributed by atoms with Crippen molar-refractivity contribution < 1.29 is 19.4 Å². The summed E-state index contributed by atoms with van der Waals surface area (Å²) < 4.78 is 4.36. The van der Waals surface area contributed by atoms with E-state index in [1.807, 2.05) is 0 Å². The van der Waals surface area contributed by atoms with Gasteiger partial charge in [0.15, 0.2) is 0 Å². The number of cyclic esters (lactones) is 1. The highest BCUT2D eigenvalue weighted by atomic mass is 16.6. The van der Waals surface area contributed by atoms with Gasteiger partial charge in [-0.05, 0) is 0 Å². The van der Waals surface area contributed by atoms with Crippen LogP contribution in [0.1, 0.15) is 12.8 Å². The van der Waals surface area contributed by atoms with Crippen LogP contribution in [0.4, 0.5) is 0 Å². The van der Waals surface area contributed by atoms with E-state index in [1.54, 1.807) is 0 Å². The normalized spacial score (nSPS) is 29.2. The van der Waals surface area contributed by atoms with E-state index < -0.39 is 17.5 Å². The topological polar surface area (TPSA) is 87.4 Å². The smallest absolute Gasteiger partial charge is 0.363 e. The van der Waals surface area contributed by atoms with Crippen molar-refractivity contribution in [3.05, 3.63) is 0 Å². The lowest BCUT2D eigenvalue weighted by atomic mass is 10.0. The molecule has 0 saturated carbocycles. The predicted molar refractivity (Wildman–Crippen MR) is 31.3 cm³/mol. The van der Waals surface area contributed by atoms with Crippen molar-refractivity contribution in [2.75, 3.05) is 0 Å². The number of nitrogens with zero attached hydrogens (tertiary/aromatic N) is 1. The van der Waals surface area contributed by atoms with E-state index in [4.69, 9.17) is 10.4 Å². The van der Waals surface area contributed by atoms with Crippen LogP contribution in [0, 0.1) is 11.3 Å². The molecule has 58 valence electrons. The van der Waals surface area contributed by atoms with Crippen LogP contribution in [0.3, 0.4) is 0 Å². The van der Waals surface area contributed by atoms with Crippen LogP contribution >= 0.6 is 0 Å². The molecule has 0 radical (unpaired) electrons. The third-order valence-electron chi connectivity index (χ3n) is 1.50. The lowest BCUT2D eigenvalue weighted by Gasteiger charge is -2.11. The molecule has 1 atom stereocenters. The number of carboxylic acid groups (broad SMARTS) is 1. The summed E-state index contributed by atoms with van der Waals surface area (Å²) in [5.74, 6) is -2.03. The van der Waals surface area contributed by atoms with E-state index in [9.17, 15) is 9.59 Å². The molecule has 1 unspecified atom stereocenters. The van der Waals surface area contributed by atoms with Crippen molar-refractivity contribution in [3.63, 3.8) is 0 Å². The van der Waals surface area contributed by atoms with Crippen molar-refractivity contribution in [1.29, 1.82) is 5.26 Å². The largest absolute Gasteiger partial charge is 0.477 e. The van der Waals surface area contributed by atoms with E-state index >= 15 is 0 Å². The fourth-order valence-electron chi connectivity index (χ4n) is 0.852. The summed E-state index contributed by atoms with van der Waals surface area (Å²) in [5.41, 5.74) is -1.92. The average molecular weight is 155 g/mol. The zero-order valence-corrected chi connectivity index (χ0v) is 5.53. The second-order valence-corrected chi connectivity index (χ2v) is 2.22. The summed E-state index contributed by atoms with van der Waals surface area (Å²) in [6.07, 6.45) is -0.0580. The quantitative estimate of drug-likeness (QED) is 0.524. The van der Waals surface area contributed by atoms with Crippen molar-refractivity contribution >= 4 is 11.9 Å². The van der Waals surface area contributed by atoms with E-state index in [0.717, 1.165) is 0 Å². The average Bonchev–Trinajstić information content (AvgIpc) is 2.33. The molecule has 0 aromatic heterocycles. The summed E-state index contributed by atoms with van der Waals surface area (Å²) in [6, 6.07) is 1.46. The minimum absolute atomic E-state index is 0.000139. The summed E-state index contributed by atoms with van der Waals surface area (Å²) in [6.45, 7) is 0. The molecule has 0 aliphatic carbocycles. The van der Waals surface area contributed by atoms with Gasteiger partial charge in [0.1, 0.15) is 6.07 Å².